The van der Waals surface area contributed by atoms with Gasteiger partial charge < -0.3 is 4.57 Å². The van der Waals surface area contributed by atoms with Crippen LogP contribution in [0.25, 0.3) is 0 Å². The van der Waals surface area contributed by atoms with Crippen LogP contribution in [0.5, 0.6) is 0 Å². The highest BCUT2D eigenvalue weighted by molar-refractivity contribution is 6.19. The summed E-state index contributed by atoms with van der Waals surface area (Å²) in [5.41, 5.74) is 0.514. The van der Waals surface area contributed by atoms with Gasteiger partial charge in [-0.15, -0.1) is 0 Å². The zero-order valence-electron chi connectivity index (χ0n) is 8.31. The van der Waals surface area contributed by atoms with Crippen LogP contribution in [0.4, 0.5) is 5.82 Å². The minimum Gasteiger partial charge on any atom is -0.329 e. The topological polar surface area (TPSA) is 55.2 Å². The van der Waals surface area contributed by atoms with Crippen molar-refractivity contribution in [3.8, 4) is 0 Å². The van der Waals surface area contributed by atoms with Gasteiger partial charge in [0.1, 0.15) is 11.6 Å². The maximum Gasteiger partial charge on any atom is 0.238 e. The van der Waals surface area contributed by atoms with Crippen molar-refractivity contribution in [1.82, 2.24) is 9.55 Å². The average molecular weight is 193 g/mol. The van der Waals surface area contributed by atoms with E-state index in [1.54, 1.807) is 31.9 Å². The van der Waals surface area contributed by atoms with E-state index in [2.05, 4.69) is 4.98 Å². The SMILES string of the molecule is CC1C(=O)c2c(ncn2C)N(C)C1=O. The van der Waals surface area contributed by atoms with Crippen LogP contribution in [0.2, 0.25) is 0 Å². The summed E-state index contributed by atoms with van der Waals surface area (Å²) in [5.74, 6) is -0.479. The van der Waals surface area contributed by atoms with Crippen LogP contribution < -0.4 is 4.90 Å². The predicted octanol–water partition coefficient (Wildman–Crippen LogP) is 0.215. The zero-order chi connectivity index (χ0) is 10.5. The first-order chi connectivity index (χ1) is 6.54. The minimum absolute atomic E-state index is 0.150. The Balaban J connectivity index is 2.64. The first-order valence-electron chi connectivity index (χ1n) is 4.37. The lowest BCUT2D eigenvalue weighted by Gasteiger charge is -2.25. The van der Waals surface area contributed by atoms with Gasteiger partial charge in [0.25, 0.3) is 0 Å². The second-order valence-electron chi connectivity index (χ2n) is 3.51. The number of carbonyl (C=O) groups excluding carboxylic acids is 2. The van der Waals surface area contributed by atoms with Crippen LogP contribution in [0, 0.1) is 5.92 Å². The van der Waals surface area contributed by atoms with Gasteiger partial charge in [-0.2, -0.15) is 0 Å². The number of anilines is 1. The minimum atomic E-state index is -0.595. The first kappa shape index (κ1) is 8.93. The van der Waals surface area contributed by atoms with E-state index in [9.17, 15) is 9.59 Å². The average Bonchev–Trinajstić information content (AvgIpc) is 2.54. The lowest BCUT2D eigenvalue weighted by molar-refractivity contribution is -0.120. The molecule has 0 aromatic carbocycles. The molecule has 1 unspecified atom stereocenters. The number of Topliss-reactive ketones (excluding diaryl/α,β-unsaturated/α-hetero) is 1. The van der Waals surface area contributed by atoms with E-state index in [1.807, 2.05) is 0 Å². The van der Waals surface area contributed by atoms with Gasteiger partial charge in [0.15, 0.2) is 11.6 Å². The molecule has 0 saturated heterocycles. The number of aromatic nitrogens is 2. The highest BCUT2D eigenvalue weighted by Crippen LogP contribution is 2.27. The highest BCUT2D eigenvalue weighted by Gasteiger charge is 2.37. The highest BCUT2D eigenvalue weighted by atomic mass is 16.2. The zero-order valence-corrected chi connectivity index (χ0v) is 8.31. The van der Waals surface area contributed by atoms with Gasteiger partial charge in [0.2, 0.25) is 5.91 Å². The van der Waals surface area contributed by atoms with Crippen molar-refractivity contribution in [1.29, 1.82) is 0 Å². The summed E-state index contributed by atoms with van der Waals surface area (Å²) in [4.78, 5) is 28.8. The van der Waals surface area contributed by atoms with Gasteiger partial charge in [-0.05, 0) is 6.92 Å². The van der Waals surface area contributed by atoms with E-state index in [-0.39, 0.29) is 11.7 Å². The molecule has 14 heavy (non-hydrogen) atoms. The summed E-state index contributed by atoms with van der Waals surface area (Å²) in [7, 11) is 3.39. The number of ketones is 1. The number of aryl methyl sites for hydroxylation is 1. The van der Waals surface area contributed by atoms with E-state index in [4.69, 9.17) is 0 Å². The van der Waals surface area contributed by atoms with Crippen molar-refractivity contribution in [3.63, 3.8) is 0 Å². The maximum absolute atomic E-state index is 11.7. The molecule has 0 bridgehead atoms. The molecule has 1 atom stereocenters. The molecule has 2 heterocycles. The Morgan fingerprint density at radius 1 is 1.36 bits per heavy atom. The molecular weight excluding hydrogens is 182 g/mol. The van der Waals surface area contributed by atoms with E-state index in [1.165, 1.54) is 4.90 Å². The van der Waals surface area contributed by atoms with Crippen molar-refractivity contribution in [2.24, 2.45) is 13.0 Å². The van der Waals surface area contributed by atoms with Gasteiger partial charge >= 0.3 is 0 Å². The standard InChI is InChI=1S/C9H11N3O2/c1-5-7(13)6-8(10-4-11(6)2)12(3)9(5)14/h4-5H,1-3H3. The number of nitrogens with zero attached hydrogens (tertiary/aromatic N) is 3. The number of imidazole rings is 1. The van der Waals surface area contributed by atoms with Gasteiger partial charge in [-0.25, -0.2) is 4.98 Å². The summed E-state index contributed by atoms with van der Waals surface area (Å²) >= 11 is 0. The Morgan fingerprint density at radius 3 is 2.64 bits per heavy atom. The third-order valence-electron chi connectivity index (χ3n) is 2.56. The molecule has 0 saturated carbocycles. The quantitative estimate of drug-likeness (QED) is 0.554. The predicted molar refractivity (Wildman–Crippen MR) is 50.1 cm³/mol. The summed E-state index contributed by atoms with van der Waals surface area (Å²) in [6.07, 6.45) is 1.55. The third-order valence-corrected chi connectivity index (χ3v) is 2.56. The molecule has 1 aromatic rings. The van der Waals surface area contributed by atoms with E-state index >= 15 is 0 Å². The summed E-state index contributed by atoms with van der Waals surface area (Å²) < 4.78 is 1.65. The smallest absolute Gasteiger partial charge is 0.238 e. The van der Waals surface area contributed by atoms with Crippen LogP contribution >= 0.6 is 0 Å². The number of rotatable bonds is 0. The second kappa shape index (κ2) is 2.67. The molecule has 0 fully saturated rings. The van der Waals surface area contributed by atoms with Crippen LogP contribution in [0.3, 0.4) is 0 Å². The van der Waals surface area contributed by atoms with Gasteiger partial charge in [-0.1, -0.05) is 0 Å². The molecule has 0 N–H and O–H groups in total. The Bertz CT molecular complexity index is 422. The molecule has 74 valence electrons. The monoisotopic (exact) mass is 193 g/mol. The number of hydrogen-bond acceptors (Lipinski definition) is 3. The molecule has 5 nitrogen and oxygen atoms in total. The van der Waals surface area contributed by atoms with Crippen molar-refractivity contribution >= 4 is 17.5 Å². The van der Waals surface area contributed by atoms with Gasteiger partial charge in [-0.3, -0.25) is 14.5 Å². The van der Waals surface area contributed by atoms with Gasteiger partial charge in [0.05, 0.1) is 6.33 Å². The maximum atomic E-state index is 11.7. The van der Waals surface area contributed by atoms with Crippen molar-refractivity contribution in [2.45, 2.75) is 6.92 Å². The molecule has 2 rings (SSSR count). The van der Waals surface area contributed by atoms with Gasteiger partial charge in [0, 0.05) is 14.1 Å². The lowest BCUT2D eigenvalue weighted by Crippen LogP contribution is -2.41. The first-order valence-corrected chi connectivity index (χ1v) is 4.37. The number of amides is 1. The van der Waals surface area contributed by atoms with Crippen LogP contribution in [0.1, 0.15) is 17.4 Å². The summed E-state index contributed by atoms with van der Waals surface area (Å²) in [6, 6.07) is 0. The molecule has 0 aliphatic carbocycles. The summed E-state index contributed by atoms with van der Waals surface area (Å²) in [6.45, 7) is 1.62. The van der Waals surface area contributed by atoms with Crippen molar-refractivity contribution in [2.75, 3.05) is 11.9 Å². The van der Waals surface area contributed by atoms with E-state index < -0.39 is 5.92 Å². The third kappa shape index (κ3) is 0.921. The van der Waals surface area contributed by atoms with Crippen LogP contribution in [-0.2, 0) is 11.8 Å². The molecular formula is C9H11N3O2. The Kier molecular flexibility index (Phi) is 1.70. The number of fused-ring (bicyclic) bond motifs is 1. The molecule has 1 aliphatic heterocycles. The molecule has 0 radical (unpaired) electrons. The van der Waals surface area contributed by atoms with Crippen LogP contribution in [-0.4, -0.2) is 28.3 Å². The fourth-order valence-electron chi connectivity index (χ4n) is 1.66. The Hall–Kier alpha value is -1.65. The largest absolute Gasteiger partial charge is 0.329 e. The lowest BCUT2D eigenvalue weighted by atomic mass is 9.98. The second-order valence-corrected chi connectivity index (χ2v) is 3.51. The Labute approximate surface area is 81.3 Å². The van der Waals surface area contributed by atoms with Crippen LogP contribution in [0.15, 0.2) is 6.33 Å². The molecule has 1 amide bonds. The molecule has 1 aromatic heterocycles. The number of hydrogen-bond donors (Lipinski definition) is 0. The molecule has 0 spiro atoms. The van der Waals surface area contributed by atoms with E-state index in [0.29, 0.717) is 11.5 Å². The van der Waals surface area contributed by atoms with Crippen molar-refractivity contribution in [3.05, 3.63) is 12.0 Å². The molecule has 1 aliphatic rings. The fourth-order valence-corrected chi connectivity index (χ4v) is 1.66. The fraction of sp³-hybridized carbons (Fsp3) is 0.444. The summed E-state index contributed by atoms with van der Waals surface area (Å²) in [5, 5.41) is 0. The molecule has 5 heteroatoms. The van der Waals surface area contributed by atoms with E-state index in [0.717, 1.165) is 0 Å². The van der Waals surface area contributed by atoms with Crippen molar-refractivity contribution < 1.29 is 9.59 Å². The normalized spacial score (nSPS) is 21.4. The number of carbonyl (C=O) groups is 2. The Morgan fingerprint density at radius 2 is 2.00 bits per heavy atom.